The molecule has 0 radical (unpaired) electrons. The lowest BCUT2D eigenvalue weighted by atomic mass is 9.63. The van der Waals surface area contributed by atoms with Gasteiger partial charge in [-0.1, -0.05) is 50.5 Å². The number of hydrogen-bond donors (Lipinski definition) is 0. The smallest absolute Gasteiger partial charge is 0.131 e. The van der Waals surface area contributed by atoms with Crippen molar-refractivity contribution < 1.29 is 4.39 Å². The van der Waals surface area contributed by atoms with Crippen molar-refractivity contribution in [3.05, 3.63) is 59.9 Å². The normalized spacial score (nSPS) is 27.5. The topological polar surface area (TPSA) is 0 Å². The van der Waals surface area contributed by atoms with Gasteiger partial charge in [0.2, 0.25) is 0 Å². The van der Waals surface area contributed by atoms with Gasteiger partial charge in [0, 0.05) is 5.39 Å². The average Bonchev–Trinajstić information content (AvgIpc) is 2.72. The van der Waals surface area contributed by atoms with E-state index < -0.39 is 0 Å². The zero-order chi connectivity index (χ0) is 19.5. The maximum atomic E-state index is 14.8. The van der Waals surface area contributed by atoms with Crippen LogP contribution in [0.3, 0.4) is 0 Å². The molecule has 0 N–H and O–H groups in total. The Labute approximate surface area is 170 Å². The minimum atomic E-state index is -0.0628. The van der Waals surface area contributed by atoms with E-state index in [2.05, 4.69) is 37.8 Å². The molecule has 0 saturated heterocycles. The highest BCUT2D eigenvalue weighted by Gasteiger charge is 2.35. The molecular formula is C27H35F. The fourth-order valence-electron chi connectivity index (χ4n) is 6.02. The molecule has 0 heterocycles. The van der Waals surface area contributed by atoms with Crippen molar-refractivity contribution in [1.29, 1.82) is 0 Å². The van der Waals surface area contributed by atoms with Crippen LogP contribution in [0.15, 0.2) is 43.0 Å². The zero-order valence-electron chi connectivity index (χ0n) is 17.4. The van der Waals surface area contributed by atoms with Crippen LogP contribution in [-0.2, 0) is 6.42 Å². The maximum Gasteiger partial charge on any atom is 0.131 e. The Morgan fingerprint density at radius 2 is 1.86 bits per heavy atom. The molecule has 2 aromatic carbocycles. The van der Waals surface area contributed by atoms with Gasteiger partial charge in [-0.15, -0.1) is 6.58 Å². The van der Waals surface area contributed by atoms with Crippen LogP contribution < -0.4 is 0 Å². The van der Waals surface area contributed by atoms with Crippen LogP contribution >= 0.6 is 0 Å². The monoisotopic (exact) mass is 378 g/mol. The van der Waals surface area contributed by atoms with Crippen molar-refractivity contribution in [3.8, 4) is 0 Å². The van der Waals surface area contributed by atoms with Gasteiger partial charge in [0.25, 0.3) is 0 Å². The SMILES string of the molecule is C=CCCc1cc(F)c2cc([C@@H]3CC[C@@H]4CC(CCC)CCC4C3)ccc2c1. The molecule has 2 fully saturated rings. The van der Waals surface area contributed by atoms with Crippen LogP contribution in [-0.4, -0.2) is 0 Å². The molecule has 0 nitrogen and oxygen atoms in total. The Balaban J connectivity index is 1.49. The molecule has 2 aliphatic carbocycles. The van der Waals surface area contributed by atoms with Crippen LogP contribution in [0.2, 0.25) is 0 Å². The van der Waals surface area contributed by atoms with Crippen LogP contribution in [0.25, 0.3) is 10.8 Å². The van der Waals surface area contributed by atoms with Crippen molar-refractivity contribution in [2.45, 2.75) is 77.0 Å². The first kappa shape index (κ1) is 19.7. The van der Waals surface area contributed by atoms with Crippen molar-refractivity contribution in [2.24, 2.45) is 17.8 Å². The van der Waals surface area contributed by atoms with Crippen LogP contribution in [0, 0.1) is 23.6 Å². The summed E-state index contributed by atoms with van der Waals surface area (Å²) in [6.07, 6.45) is 14.7. The van der Waals surface area contributed by atoms with Gasteiger partial charge in [0.05, 0.1) is 0 Å². The second-order valence-corrected chi connectivity index (χ2v) is 9.38. The average molecular weight is 379 g/mol. The number of benzene rings is 2. The molecule has 150 valence electrons. The number of rotatable bonds is 6. The molecule has 4 rings (SSSR count). The molecule has 0 amide bonds. The first-order valence-electron chi connectivity index (χ1n) is 11.5. The lowest BCUT2D eigenvalue weighted by molar-refractivity contribution is 0.114. The van der Waals surface area contributed by atoms with Gasteiger partial charge in [0.15, 0.2) is 0 Å². The Morgan fingerprint density at radius 3 is 2.68 bits per heavy atom. The summed E-state index contributed by atoms with van der Waals surface area (Å²) in [5.74, 6) is 3.38. The molecule has 0 aliphatic heterocycles. The minimum Gasteiger partial charge on any atom is -0.206 e. The Morgan fingerprint density at radius 1 is 1.04 bits per heavy atom. The standard InChI is InChI=1S/C27H35F/c1-3-5-7-20-15-25-13-12-24(18-26(25)27(28)16-20)23-11-10-21-14-19(6-4-2)8-9-22(21)17-23/h3,12-13,15-16,18-19,21-23H,1,4-11,14,17H2,2H3/t19?,21-,22?,23-/m1/s1. The van der Waals surface area contributed by atoms with Gasteiger partial charge >= 0.3 is 0 Å². The highest BCUT2D eigenvalue weighted by atomic mass is 19.1. The fourth-order valence-corrected chi connectivity index (χ4v) is 6.02. The van der Waals surface area contributed by atoms with Crippen LogP contribution in [0.1, 0.15) is 81.8 Å². The predicted octanol–water partition coefficient (Wildman–Crippen LogP) is 8.20. The highest BCUT2D eigenvalue weighted by molar-refractivity contribution is 5.84. The van der Waals surface area contributed by atoms with Gasteiger partial charge in [-0.2, -0.15) is 0 Å². The summed E-state index contributed by atoms with van der Waals surface area (Å²) in [5.41, 5.74) is 2.43. The minimum absolute atomic E-state index is 0.0628. The van der Waals surface area contributed by atoms with Crippen molar-refractivity contribution >= 4 is 10.8 Å². The fraction of sp³-hybridized carbons (Fsp3) is 0.556. The summed E-state index contributed by atoms with van der Waals surface area (Å²) in [6, 6.07) is 10.4. The third-order valence-electron chi connectivity index (χ3n) is 7.51. The molecule has 28 heavy (non-hydrogen) atoms. The van der Waals surface area contributed by atoms with Gasteiger partial charge in [-0.05, 0) is 97.3 Å². The van der Waals surface area contributed by atoms with E-state index in [-0.39, 0.29) is 5.82 Å². The molecule has 0 aromatic heterocycles. The first-order chi connectivity index (χ1) is 13.7. The lowest BCUT2D eigenvalue weighted by Crippen LogP contribution is -2.30. The molecule has 0 spiro atoms. The lowest BCUT2D eigenvalue weighted by Gasteiger charge is -2.42. The molecule has 0 bridgehead atoms. The largest absolute Gasteiger partial charge is 0.206 e. The van der Waals surface area contributed by atoms with Crippen LogP contribution in [0.5, 0.6) is 0 Å². The molecule has 4 atom stereocenters. The van der Waals surface area contributed by atoms with E-state index in [0.717, 1.165) is 46.9 Å². The van der Waals surface area contributed by atoms with Gasteiger partial charge in [0.1, 0.15) is 5.82 Å². The number of allylic oxidation sites excluding steroid dienone is 1. The quantitative estimate of drug-likeness (QED) is 0.444. The van der Waals surface area contributed by atoms with E-state index in [9.17, 15) is 4.39 Å². The van der Waals surface area contributed by atoms with E-state index in [1.807, 2.05) is 6.08 Å². The van der Waals surface area contributed by atoms with Gasteiger partial charge in [-0.3, -0.25) is 0 Å². The predicted molar refractivity (Wildman–Crippen MR) is 118 cm³/mol. The van der Waals surface area contributed by atoms with E-state index in [4.69, 9.17) is 0 Å². The van der Waals surface area contributed by atoms with Crippen molar-refractivity contribution in [1.82, 2.24) is 0 Å². The van der Waals surface area contributed by atoms with Crippen molar-refractivity contribution in [2.75, 3.05) is 0 Å². The third-order valence-corrected chi connectivity index (χ3v) is 7.51. The number of hydrogen-bond acceptors (Lipinski definition) is 0. The Hall–Kier alpha value is -1.63. The number of fused-ring (bicyclic) bond motifs is 2. The molecule has 2 unspecified atom stereocenters. The maximum absolute atomic E-state index is 14.8. The van der Waals surface area contributed by atoms with Gasteiger partial charge in [-0.25, -0.2) is 4.39 Å². The molecule has 2 aromatic rings. The zero-order valence-corrected chi connectivity index (χ0v) is 17.4. The number of aryl methyl sites for hydroxylation is 1. The summed E-state index contributed by atoms with van der Waals surface area (Å²) < 4.78 is 14.8. The van der Waals surface area contributed by atoms with E-state index in [1.165, 1.54) is 56.9 Å². The summed E-state index contributed by atoms with van der Waals surface area (Å²) in [5, 5.41) is 1.84. The highest BCUT2D eigenvalue weighted by Crippen LogP contribution is 2.48. The Bertz CT molecular complexity index is 820. The van der Waals surface area contributed by atoms with Gasteiger partial charge < -0.3 is 0 Å². The summed E-state index contributed by atoms with van der Waals surface area (Å²) >= 11 is 0. The van der Waals surface area contributed by atoms with Crippen LogP contribution in [0.4, 0.5) is 4.39 Å². The second-order valence-electron chi connectivity index (χ2n) is 9.38. The third kappa shape index (κ3) is 4.19. The molecular weight excluding hydrogens is 343 g/mol. The first-order valence-corrected chi connectivity index (χ1v) is 11.5. The second kappa shape index (κ2) is 8.80. The van der Waals surface area contributed by atoms with E-state index >= 15 is 0 Å². The Kier molecular flexibility index (Phi) is 6.19. The van der Waals surface area contributed by atoms with E-state index in [1.54, 1.807) is 6.07 Å². The molecule has 2 saturated carbocycles. The molecule has 1 heteroatoms. The summed E-state index contributed by atoms with van der Waals surface area (Å²) in [7, 11) is 0. The summed E-state index contributed by atoms with van der Waals surface area (Å²) in [4.78, 5) is 0. The molecule has 2 aliphatic rings. The summed E-state index contributed by atoms with van der Waals surface area (Å²) in [6.45, 7) is 6.10. The van der Waals surface area contributed by atoms with E-state index in [0.29, 0.717) is 5.92 Å². The number of halogens is 1. The van der Waals surface area contributed by atoms with Crippen molar-refractivity contribution in [3.63, 3.8) is 0 Å².